The zero-order valence-electron chi connectivity index (χ0n) is 19.7. The molecule has 1 atom stereocenters. The van der Waals surface area contributed by atoms with Crippen LogP contribution in [0, 0.1) is 5.92 Å². The molecule has 0 N–H and O–H groups in total. The van der Waals surface area contributed by atoms with E-state index in [0.717, 1.165) is 10.2 Å². The second-order valence-electron chi connectivity index (χ2n) is 9.00. The van der Waals surface area contributed by atoms with E-state index in [0.29, 0.717) is 30.5 Å². The van der Waals surface area contributed by atoms with Crippen molar-refractivity contribution in [2.24, 2.45) is 13.0 Å². The molecule has 4 rings (SSSR count). The number of rotatable bonds is 6. The molecule has 0 radical (unpaired) electrons. The van der Waals surface area contributed by atoms with Gasteiger partial charge in [0.2, 0.25) is 5.91 Å². The fraction of sp³-hybridized carbons (Fsp3) is 0.400. The van der Waals surface area contributed by atoms with Crippen molar-refractivity contribution in [3.8, 4) is 0 Å². The third-order valence-corrected chi connectivity index (χ3v) is 5.77. The molecule has 178 valence electrons. The Kier molecular flexibility index (Phi) is 7.02. The summed E-state index contributed by atoms with van der Waals surface area (Å²) in [4.78, 5) is 46.6. The highest BCUT2D eigenvalue weighted by atomic mass is 16.5. The van der Waals surface area contributed by atoms with Crippen LogP contribution in [-0.2, 0) is 23.2 Å². The normalized spacial score (nSPS) is 16.8. The van der Waals surface area contributed by atoms with E-state index < -0.39 is 5.91 Å². The molecule has 0 unspecified atom stereocenters. The number of aromatic nitrogens is 3. The first kappa shape index (κ1) is 23.6. The average Bonchev–Trinajstić information content (AvgIpc) is 2.98. The highest BCUT2D eigenvalue weighted by molar-refractivity contribution is 6.05. The van der Waals surface area contributed by atoms with Gasteiger partial charge in [0.05, 0.1) is 18.1 Å². The maximum Gasteiger partial charge on any atom is 0.275 e. The molecular formula is C25H29N5O4. The average molecular weight is 464 g/mol. The third kappa shape index (κ3) is 5.14. The second kappa shape index (κ2) is 10.1. The molecule has 1 aromatic carbocycles. The molecule has 0 aliphatic carbocycles. The number of benzene rings is 1. The molecule has 2 amide bonds. The van der Waals surface area contributed by atoms with Crippen LogP contribution >= 0.6 is 0 Å². The zero-order valence-corrected chi connectivity index (χ0v) is 19.7. The van der Waals surface area contributed by atoms with E-state index in [1.807, 2.05) is 26.0 Å². The first-order chi connectivity index (χ1) is 16.3. The van der Waals surface area contributed by atoms with Crippen LogP contribution in [0.4, 0.5) is 0 Å². The Morgan fingerprint density at radius 3 is 2.59 bits per heavy atom. The summed E-state index contributed by atoms with van der Waals surface area (Å²) in [5.74, 6) is -0.260. The van der Waals surface area contributed by atoms with E-state index in [-0.39, 0.29) is 42.3 Å². The number of ether oxygens (including phenoxy) is 1. The molecule has 1 fully saturated rings. The van der Waals surface area contributed by atoms with E-state index >= 15 is 0 Å². The van der Waals surface area contributed by atoms with Crippen molar-refractivity contribution in [3.63, 3.8) is 0 Å². The number of fused-ring (bicyclic) bond motifs is 1. The summed E-state index contributed by atoms with van der Waals surface area (Å²) in [6.45, 7) is 5.55. The van der Waals surface area contributed by atoms with E-state index in [9.17, 15) is 14.4 Å². The molecule has 34 heavy (non-hydrogen) atoms. The molecule has 2 aromatic heterocycles. The van der Waals surface area contributed by atoms with Crippen molar-refractivity contribution in [2.75, 3.05) is 26.2 Å². The number of carbonyl (C=O) groups excluding carboxylic acids is 2. The first-order valence-electron chi connectivity index (χ1n) is 11.4. The predicted octanol–water partition coefficient (Wildman–Crippen LogP) is 1.85. The Hall–Kier alpha value is -3.59. The van der Waals surface area contributed by atoms with Crippen molar-refractivity contribution < 1.29 is 14.3 Å². The van der Waals surface area contributed by atoms with Crippen molar-refractivity contribution >= 4 is 22.6 Å². The van der Waals surface area contributed by atoms with Gasteiger partial charge in [-0.15, -0.1) is 0 Å². The molecule has 1 aliphatic heterocycles. The lowest BCUT2D eigenvalue weighted by Crippen LogP contribution is -2.41. The minimum Gasteiger partial charge on any atom is -0.370 e. The smallest absolute Gasteiger partial charge is 0.275 e. The lowest BCUT2D eigenvalue weighted by molar-refractivity contribution is -0.132. The van der Waals surface area contributed by atoms with Crippen LogP contribution in [0.3, 0.4) is 0 Å². The van der Waals surface area contributed by atoms with Gasteiger partial charge >= 0.3 is 0 Å². The molecule has 3 aromatic rings. The van der Waals surface area contributed by atoms with Gasteiger partial charge in [-0.2, -0.15) is 5.10 Å². The van der Waals surface area contributed by atoms with Crippen LogP contribution in [0.5, 0.6) is 0 Å². The van der Waals surface area contributed by atoms with Crippen LogP contribution in [0.2, 0.25) is 0 Å². The Balaban J connectivity index is 1.64. The van der Waals surface area contributed by atoms with Gasteiger partial charge in [-0.25, -0.2) is 4.68 Å². The highest BCUT2D eigenvalue weighted by Gasteiger charge is 2.33. The van der Waals surface area contributed by atoms with Gasteiger partial charge in [-0.05, 0) is 23.6 Å². The summed E-state index contributed by atoms with van der Waals surface area (Å²) in [6.07, 6.45) is 3.05. The quantitative estimate of drug-likeness (QED) is 0.554. The van der Waals surface area contributed by atoms with Crippen LogP contribution in [0.15, 0.2) is 53.6 Å². The summed E-state index contributed by atoms with van der Waals surface area (Å²) in [6, 6.07) is 10.7. The van der Waals surface area contributed by atoms with Crippen molar-refractivity contribution in [1.82, 2.24) is 24.6 Å². The van der Waals surface area contributed by atoms with E-state index in [1.165, 1.54) is 11.9 Å². The largest absolute Gasteiger partial charge is 0.370 e. The highest BCUT2D eigenvalue weighted by Crippen LogP contribution is 2.18. The van der Waals surface area contributed by atoms with Gasteiger partial charge in [0, 0.05) is 44.5 Å². The predicted molar refractivity (Wildman–Crippen MR) is 127 cm³/mol. The summed E-state index contributed by atoms with van der Waals surface area (Å²) in [7, 11) is 1.52. The topological polar surface area (TPSA) is 97.6 Å². The number of hydrogen-bond donors (Lipinski definition) is 0. The number of pyridine rings is 1. The Morgan fingerprint density at radius 1 is 1.12 bits per heavy atom. The van der Waals surface area contributed by atoms with Crippen LogP contribution in [0.25, 0.3) is 10.8 Å². The van der Waals surface area contributed by atoms with Gasteiger partial charge < -0.3 is 14.5 Å². The fourth-order valence-electron chi connectivity index (χ4n) is 4.16. The van der Waals surface area contributed by atoms with E-state index in [4.69, 9.17) is 4.74 Å². The van der Waals surface area contributed by atoms with Gasteiger partial charge in [0.25, 0.3) is 11.5 Å². The molecule has 1 aliphatic rings. The number of hydrogen-bond acceptors (Lipinski definition) is 6. The summed E-state index contributed by atoms with van der Waals surface area (Å²) < 4.78 is 7.32. The Bertz CT molecular complexity index is 1240. The van der Waals surface area contributed by atoms with Crippen molar-refractivity contribution in [3.05, 3.63) is 70.4 Å². The number of aryl methyl sites for hydroxylation is 1. The minimum absolute atomic E-state index is 0.0723. The first-order valence-corrected chi connectivity index (χ1v) is 11.4. The van der Waals surface area contributed by atoms with Crippen molar-refractivity contribution in [1.29, 1.82) is 0 Å². The van der Waals surface area contributed by atoms with Gasteiger partial charge in [-0.1, -0.05) is 38.1 Å². The zero-order chi connectivity index (χ0) is 24.2. The standard InChI is InChI=1S/C25H29N5O4/c1-17(2)12-29-13-19(34-16-18-7-6-10-26-11-18)14-30(15-22(29)31)25(33)23-20-8-4-5-9-21(20)24(32)28(3)27-23/h4-11,17,19H,12-16H2,1-3H3/t19-/m1/s1. The third-order valence-electron chi connectivity index (χ3n) is 5.77. The lowest BCUT2D eigenvalue weighted by Gasteiger charge is -2.26. The van der Waals surface area contributed by atoms with Gasteiger partial charge in [0.1, 0.15) is 6.54 Å². The van der Waals surface area contributed by atoms with Crippen molar-refractivity contribution in [2.45, 2.75) is 26.6 Å². The van der Waals surface area contributed by atoms with Crippen LogP contribution in [0.1, 0.15) is 29.9 Å². The fourth-order valence-corrected chi connectivity index (χ4v) is 4.16. The molecule has 9 heteroatoms. The molecule has 0 bridgehead atoms. The van der Waals surface area contributed by atoms with Gasteiger partial charge in [-0.3, -0.25) is 19.4 Å². The second-order valence-corrected chi connectivity index (χ2v) is 9.00. The Labute approximate surface area is 197 Å². The summed E-state index contributed by atoms with van der Waals surface area (Å²) >= 11 is 0. The minimum atomic E-state index is -0.401. The van der Waals surface area contributed by atoms with Gasteiger partial charge in [0.15, 0.2) is 5.69 Å². The summed E-state index contributed by atoms with van der Waals surface area (Å²) in [5, 5.41) is 5.14. The maximum absolute atomic E-state index is 13.6. The summed E-state index contributed by atoms with van der Waals surface area (Å²) in [5.41, 5.74) is 0.783. The Morgan fingerprint density at radius 2 is 1.88 bits per heavy atom. The van der Waals surface area contributed by atoms with E-state index in [1.54, 1.807) is 41.6 Å². The molecule has 9 nitrogen and oxygen atoms in total. The molecule has 0 spiro atoms. The van der Waals surface area contributed by atoms with E-state index in [2.05, 4.69) is 10.1 Å². The number of nitrogens with zero attached hydrogens (tertiary/aromatic N) is 5. The lowest BCUT2D eigenvalue weighted by atomic mass is 10.1. The molecule has 3 heterocycles. The van der Waals surface area contributed by atoms with Crippen LogP contribution < -0.4 is 5.56 Å². The monoisotopic (exact) mass is 463 g/mol. The number of amides is 2. The molecule has 1 saturated heterocycles. The van der Waals surface area contributed by atoms with Crippen LogP contribution in [-0.4, -0.2) is 68.7 Å². The number of carbonyl (C=O) groups is 2. The maximum atomic E-state index is 13.6. The SMILES string of the molecule is CC(C)CN1C[C@@H](OCc2cccnc2)CN(C(=O)c2nn(C)c(=O)c3ccccc23)CC1=O. The molecular weight excluding hydrogens is 434 g/mol. The molecule has 0 saturated carbocycles.